The molecular formula is C65H64N4O16. The molecular weight excluding hydrogens is 1090 g/mol. The van der Waals surface area contributed by atoms with Gasteiger partial charge in [-0.3, -0.25) is 39.4 Å². The van der Waals surface area contributed by atoms with Gasteiger partial charge in [0.25, 0.3) is 11.4 Å². The van der Waals surface area contributed by atoms with Crippen molar-refractivity contribution in [2.75, 3.05) is 50.3 Å². The van der Waals surface area contributed by atoms with Crippen LogP contribution in [0.2, 0.25) is 0 Å². The summed E-state index contributed by atoms with van der Waals surface area (Å²) in [6.07, 6.45) is 6.44. The minimum atomic E-state index is -1.12. The highest BCUT2D eigenvalue weighted by atomic mass is 16.6. The molecule has 2 atom stereocenters. The summed E-state index contributed by atoms with van der Waals surface area (Å²) in [5, 5.41) is 23.3. The highest BCUT2D eigenvalue weighted by Crippen LogP contribution is 2.58. The lowest BCUT2D eigenvalue weighted by Crippen LogP contribution is -2.60. The van der Waals surface area contributed by atoms with Crippen molar-refractivity contribution in [3.63, 3.8) is 0 Å². The van der Waals surface area contributed by atoms with Crippen LogP contribution in [0.15, 0.2) is 133 Å². The third-order valence-corrected chi connectivity index (χ3v) is 16.7. The van der Waals surface area contributed by atoms with E-state index in [1.54, 1.807) is 36.4 Å². The van der Waals surface area contributed by atoms with Crippen molar-refractivity contribution in [1.82, 2.24) is 0 Å². The van der Waals surface area contributed by atoms with E-state index in [1.807, 2.05) is 136 Å². The number of nitro benzene ring substituents is 2. The van der Waals surface area contributed by atoms with Gasteiger partial charge in [0.15, 0.2) is 23.0 Å². The summed E-state index contributed by atoms with van der Waals surface area (Å²) in [5.41, 5.74) is 2.19. The molecule has 85 heavy (non-hydrogen) atoms. The number of fused-ring (bicyclic) bond motifs is 4. The molecule has 0 radical (unpaired) electrons. The molecule has 440 valence electrons. The Bertz CT molecular complexity index is 3470. The minimum absolute atomic E-state index is 0.0330. The first-order valence-corrected chi connectivity index (χ1v) is 27.7. The first-order chi connectivity index (χ1) is 40.5. The van der Waals surface area contributed by atoms with Crippen LogP contribution in [-0.4, -0.2) is 85.7 Å². The molecule has 0 saturated heterocycles. The summed E-state index contributed by atoms with van der Waals surface area (Å²) in [6.45, 7) is 12.6. The summed E-state index contributed by atoms with van der Waals surface area (Å²) >= 11 is 0. The van der Waals surface area contributed by atoms with Crippen molar-refractivity contribution in [2.45, 2.75) is 94.9 Å². The van der Waals surface area contributed by atoms with Gasteiger partial charge in [-0.1, -0.05) is 74.5 Å². The van der Waals surface area contributed by atoms with Crippen molar-refractivity contribution in [3.05, 3.63) is 187 Å². The molecule has 20 heteroatoms. The maximum Gasteiger partial charge on any atom is 0.311 e. The van der Waals surface area contributed by atoms with Crippen LogP contribution >= 0.6 is 0 Å². The fourth-order valence-electron chi connectivity index (χ4n) is 11.9. The number of ether oxygens (including phenoxy) is 8. The maximum atomic E-state index is 13.0. The topological polar surface area (TPSA) is 235 Å². The number of benzene rings is 6. The number of carbonyl (C=O) groups is 4. The minimum Gasteiger partial charge on any atom is -0.493 e. The van der Waals surface area contributed by atoms with Crippen molar-refractivity contribution in [1.29, 1.82) is 0 Å². The van der Waals surface area contributed by atoms with Gasteiger partial charge >= 0.3 is 23.9 Å². The first-order valence-electron chi connectivity index (χ1n) is 27.7. The zero-order valence-corrected chi connectivity index (χ0v) is 48.3. The average Bonchev–Trinajstić information content (AvgIpc) is 1.60. The Hall–Kier alpha value is -9.72. The van der Waals surface area contributed by atoms with E-state index < -0.39 is 61.4 Å². The van der Waals surface area contributed by atoms with Crippen LogP contribution in [0.5, 0.6) is 34.5 Å². The lowest BCUT2D eigenvalue weighted by Gasteiger charge is -2.47. The van der Waals surface area contributed by atoms with E-state index in [9.17, 15) is 39.4 Å². The van der Waals surface area contributed by atoms with E-state index in [0.29, 0.717) is 34.1 Å². The molecule has 4 aliphatic rings. The zero-order valence-electron chi connectivity index (χ0n) is 48.3. The Morgan fingerprint density at radius 3 is 1.26 bits per heavy atom. The molecule has 4 heterocycles. The highest BCUT2D eigenvalue weighted by Gasteiger charge is 2.60. The number of non-ortho nitro benzene ring substituents is 2. The Balaban J connectivity index is 0.675. The van der Waals surface area contributed by atoms with Crippen LogP contribution < -0.4 is 38.2 Å². The number of carbonyl (C=O) groups excluding carboxylic acids is 4. The third kappa shape index (κ3) is 10.7. The van der Waals surface area contributed by atoms with Crippen molar-refractivity contribution in [2.24, 2.45) is 0 Å². The molecule has 0 aromatic heterocycles. The van der Waals surface area contributed by atoms with E-state index in [2.05, 4.69) is 0 Å². The highest BCUT2D eigenvalue weighted by molar-refractivity contribution is 5.81. The number of hydrogen-bond acceptors (Lipinski definition) is 18. The third-order valence-electron chi connectivity index (χ3n) is 16.7. The van der Waals surface area contributed by atoms with Crippen molar-refractivity contribution in [3.8, 4) is 34.5 Å². The van der Waals surface area contributed by atoms with Crippen LogP contribution in [0.4, 0.5) is 22.7 Å². The Morgan fingerprint density at radius 1 is 0.529 bits per heavy atom. The van der Waals surface area contributed by atoms with E-state index in [-0.39, 0.29) is 74.9 Å². The predicted molar refractivity (Wildman–Crippen MR) is 314 cm³/mol. The van der Waals surface area contributed by atoms with Crippen molar-refractivity contribution < 1.29 is 66.9 Å². The first kappa shape index (κ1) is 58.5. The van der Waals surface area contributed by atoms with Gasteiger partial charge in [0.2, 0.25) is 11.4 Å². The van der Waals surface area contributed by atoms with Crippen LogP contribution in [0.25, 0.3) is 12.2 Å². The van der Waals surface area contributed by atoms with Gasteiger partial charge in [-0.2, -0.15) is 0 Å². The second kappa shape index (κ2) is 22.8. The number of nitro groups is 2. The summed E-state index contributed by atoms with van der Waals surface area (Å²) in [5.74, 6) is -0.684. The van der Waals surface area contributed by atoms with Crippen LogP contribution in [-0.2, 0) is 44.9 Å². The van der Waals surface area contributed by atoms with Gasteiger partial charge in [0, 0.05) is 40.0 Å². The van der Waals surface area contributed by atoms with Crippen LogP contribution in [0.1, 0.15) is 101 Å². The van der Waals surface area contributed by atoms with Gasteiger partial charge in [-0.25, -0.2) is 0 Å². The molecule has 0 amide bonds. The number of nitrogens with zero attached hydrogens (tertiary/aromatic N) is 4. The SMILES string of the molecule is COc1cc([N+](=O)[O-])cc2c1OC1(C=C2)N(CCOC(=O)CCC(=O)Oc2ccc(C(C)(C)c3ccc(OC(=O)CCC(=O)OCCN4c5ccccc5C(C)(C)C45C=Cc4cc([N+](=O)[O-])cc(OC)c4O5)cc3)cc2)c2ccccc2C1(C)C. The van der Waals surface area contributed by atoms with E-state index in [0.717, 1.165) is 33.6 Å². The normalized spacial score (nSPS) is 18.0. The number of hydrogen-bond donors (Lipinski definition) is 0. The average molecular weight is 1160 g/mol. The fraction of sp³-hybridized carbons (Fsp3) is 0.323. The molecule has 6 aromatic carbocycles. The lowest BCUT2D eigenvalue weighted by atomic mass is 9.76. The molecule has 4 aliphatic heterocycles. The van der Waals surface area contributed by atoms with E-state index in [4.69, 9.17) is 37.9 Å². The molecule has 20 nitrogen and oxygen atoms in total. The Kier molecular flexibility index (Phi) is 15.7. The maximum absolute atomic E-state index is 13.0. The number of esters is 4. The van der Waals surface area contributed by atoms with Crippen LogP contribution in [0.3, 0.4) is 0 Å². The van der Waals surface area contributed by atoms with Crippen LogP contribution in [0, 0.1) is 20.2 Å². The smallest absolute Gasteiger partial charge is 0.311 e. The number of anilines is 2. The lowest BCUT2D eigenvalue weighted by molar-refractivity contribution is -0.385. The second-order valence-corrected chi connectivity index (χ2v) is 22.6. The molecule has 0 aliphatic carbocycles. The Morgan fingerprint density at radius 2 is 0.894 bits per heavy atom. The number of rotatable bonds is 20. The molecule has 6 aromatic rings. The molecule has 0 N–H and O–H groups in total. The number of para-hydroxylation sites is 2. The number of methoxy groups -OCH3 is 2. The Labute approximate surface area is 490 Å². The van der Waals surface area contributed by atoms with E-state index >= 15 is 0 Å². The summed E-state index contributed by atoms with van der Waals surface area (Å²) < 4.78 is 47.3. The van der Waals surface area contributed by atoms with Gasteiger partial charge in [-0.15, -0.1) is 0 Å². The molecule has 2 spiro atoms. The van der Waals surface area contributed by atoms with Gasteiger partial charge in [0.1, 0.15) is 24.7 Å². The van der Waals surface area contributed by atoms with Gasteiger partial charge < -0.3 is 47.7 Å². The second-order valence-electron chi connectivity index (χ2n) is 22.6. The monoisotopic (exact) mass is 1160 g/mol. The molecule has 2 unspecified atom stereocenters. The quantitative estimate of drug-likeness (QED) is 0.0299. The largest absolute Gasteiger partial charge is 0.493 e. The fourth-order valence-corrected chi connectivity index (χ4v) is 11.9. The summed E-state index contributed by atoms with van der Waals surface area (Å²) in [4.78, 5) is 78.4. The zero-order chi connectivity index (χ0) is 60.6. The summed E-state index contributed by atoms with van der Waals surface area (Å²) in [7, 11) is 2.85. The molecule has 0 bridgehead atoms. The standard InChI is InChI=1S/C65H64N4O16/c1-61(2,43-17-21-47(22-18-43)82-57(72)27-25-55(70)80-35-33-66-51-15-11-9-13-49(51)62(3,4)64(66)31-29-41-37-45(68(74)75)39-53(78-7)59(41)84-64)44-19-23-48(24-20-44)83-58(73)28-26-56(71)81-36-34-67-52-16-12-10-14-50(52)63(5,6)65(67)32-30-42-38-46(69(76)77)40-54(79-8)60(42)85-65/h9-24,29-32,37-40H,25-28,33-36H2,1-8H3. The van der Waals surface area contributed by atoms with Gasteiger partial charge in [0.05, 0.1) is 85.8 Å². The van der Waals surface area contributed by atoms with Gasteiger partial charge in [-0.05, 0) is 111 Å². The van der Waals surface area contributed by atoms with E-state index in [1.165, 1.54) is 38.5 Å². The summed E-state index contributed by atoms with van der Waals surface area (Å²) in [6, 6.07) is 35.2. The van der Waals surface area contributed by atoms with Crippen molar-refractivity contribution >= 4 is 58.8 Å². The molecule has 0 saturated carbocycles. The molecule has 10 rings (SSSR count). The molecule has 0 fully saturated rings. The predicted octanol–water partition coefficient (Wildman–Crippen LogP) is 11.5.